The van der Waals surface area contributed by atoms with Gasteiger partial charge >= 0.3 is 11.4 Å². The number of hydrogen-bond acceptors (Lipinski definition) is 5. The molecule has 1 heterocycles. The van der Waals surface area contributed by atoms with Gasteiger partial charge in [0.05, 0.1) is 21.4 Å². The molecule has 1 aromatic carbocycles. The maximum absolute atomic E-state index is 10.8. The predicted molar refractivity (Wildman–Crippen MR) is 63.4 cm³/mol. The number of nitrogens with one attached hydrogen (secondary N) is 1. The minimum Gasteiger partial charge on any atom is -0.281 e. The van der Waals surface area contributed by atoms with E-state index in [1.807, 2.05) is 6.92 Å². The maximum atomic E-state index is 10.8. The van der Waals surface area contributed by atoms with E-state index in [0.717, 1.165) is 18.2 Å². The van der Waals surface area contributed by atoms with Crippen molar-refractivity contribution in [2.45, 2.75) is 19.8 Å². The van der Waals surface area contributed by atoms with Gasteiger partial charge in [0.25, 0.3) is 0 Å². The number of aryl methyl sites for hydroxylation is 1. The zero-order chi connectivity index (χ0) is 13.3. The van der Waals surface area contributed by atoms with E-state index in [4.69, 9.17) is 0 Å². The average Bonchev–Trinajstić information content (AvgIpc) is 2.70. The number of nitro groups is 2. The van der Waals surface area contributed by atoms with Crippen LogP contribution in [-0.2, 0) is 6.42 Å². The normalized spacial score (nSPS) is 10.7. The lowest BCUT2D eigenvalue weighted by Gasteiger charge is -1.97. The number of nitro benzene ring substituents is 2. The van der Waals surface area contributed by atoms with Crippen molar-refractivity contribution in [2.75, 3.05) is 0 Å². The third-order valence-corrected chi connectivity index (χ3v) is 2.62. The summed E-state index contributed by atoms with van der Waals surface area (Å²) < 4.78 is 0. The molecule has 2 rings (SSSR count). The van der Waals surface area contributed by atoms with Crippen molar-refractivity contribution in [3.8, 4) is 0 Å². The Hall–Kier alpha value is -2.51. The summed E-state index contributed by atoms with van der Waals surface area (Å²) in [4.78, 5) is 20.1. The summed E-state index contributed by atoms with van der Waals surface area (Å²) in [6, 6.07) is 2.34. The number of H-pyrrole nitrogens is 1. The Morgan fingerprint density at radius 3 is 2.39 bits per heavy atom. The van der Waals surface area contributed by atoms with E-state index in [1.54, 1.807) is 0 Å². The van der Waals surface area contributed by atoms with Crippen molar-refractivity contribution >= 4 is 22.3 Å². The molecular weight excluding hydrogens is 240 g/mol. The quantitative estimate of drug-likeness (QED) is 0.660. The van der Waals surface area contributed by atoms with Crippen molar-refractivity contribution < 1.29 is 9.85 Å². The van der Waals surface area contributed by atoms with Gasteiger partial charge < -0.3 is 0 Å². The Morgan fingerprint density at radius 1 is 1.22 bits per heavy atom. The Bertz CT molecular complexity index is 634. The lowest BCUT2D eigenvalue weighted by molar-refractivity contribution is -0.422. The molecule has 0 bridgehead atoms. The van der Waals surface area contributed by atoms with E-state index in [2.05, 4.69) is 10.2 Å². The molecule has 8 heteroatoms. The third kappa shape index (κ3) is 1.88. The summed E-state index contributed by atoms with van der Waals surface area (Å²) in [5, 5.41) is 28.8. The summed E-state index contributed by atoms with van der Waals surface area (Å²) in [6.45, 7) is 1.96. The van der Waals surface area contributed by atoms with Gasteiger partial charge in [-0.05, 0) is 6.42 Å². The summed E-state index contributed by atoms with van der Waals surface area (Å²) >= 11 is 0. The van der Waals surface area contributed by atoms with Gasteiger partial charge in [0.2, 0.25) is 0 Å². The van der Waals surface area contributed by atoms with Crippen molar-refractivity contribution in [1.29, 1.82) is 0 Å². The lowest BCUT2D eigenvalue weighted by Crippen LogP contribution is -1.96. The Balaban J connectivity index is 2.70. The van der Waals surface area contributed by atoms with E-state index in [0.29, 0.717) is 17.3 Å². The number of rotatable bonds is 4. The molecule has 2 aromatic rings. The molecule has 18 heavy (non-hydrogen) atoms. The summed E-state index contributed by atoms with van der Waals surface area (Å²) in [5.74, 6) is 0. The number of hydrogen-bond donors (Lipinski definition) is 1. The minimum atomic E-state index is -0.772. The molecule has 94 valence electrons. The van der Waals surface area contributed by atoms with Crippen LogP contribution in [0.5, 0.6) is 0 Å². The topological polar surface area (TPSA) is 115 Å². The molecule has 0 aliphatic carbocycles. The molecule has 0 unspecified atom stereocenters. The zero-order valence-electron chi connectivity index (χ0n) is 9.54. The van der Waals surface area contributed by atoms with Crippen LogP contribution in [0.4, 0.5) is 11.4 Å². The van der Waals surface area contributed by atoms with Gasteiger partial charge in [-0.15, -0.1) is 0 Å². The molecule has 0 aliphatic rings. The van der Waals surface area contributed by atoms with Gasteiger partial charge in [-0.25, -0.2) is 0 Å². The molecule has 1 aromatic heterocycles. The Labute approximate surface area is 101 Å². The van der Waals surface area contributed by atoms with Crippen molar-refractivity contribution in [3.63, 3.8) is 0 Å². The molecule has 0 spiro atoms. The Morgan fingerprint density at radius 2 is 1.83 bits per heavy atom. The summed E-state index contributed by atoms with van der Waals surface area (Å²) in [7, 11) is 0. The number of nitrogens with zero attached hydrogens (tertiary/aromatic N) is 3. The SMILES string of the molecule is CCCc1[nH]nc2cc([N+](=O)[O-])c([N+](=O)[O-])cc12. The molecule has 0 saturated carbocycles. The van der Waals surface area contributed by atoms with Crippen LogP contribution in [0.15, 0.2) is 12.1 Å². The van der Waals surface area contributed by atoms with Crippen molar-refractivity contribution in [2.24, 2.45) is 0 Å². The fraction of sp³-hybridized carbons (Fsp3) is 0.300. The third-order valence-electron chi connectivity index (χ3n) is 2.62. The Kier molecular flexibility index (Phi) is 2.92. The zero-order valence-corrected chi connectivity index (χ0v) is 9.54. The van der Waals surface area contributed by atoms with Gasteiger partial charge in [0.1, 0.15) is 0 Å². The van der Waals surface area contributed by atoms with Crippen LogP contribution in [0.1, 0.15) is 19.0 Å². The fourth-order valence-electron chi connectivity index (χ4n) is 1.82. The van der Waals surface area contributed by atoms with Crippen LogP contribution in [0.3, 0.4) is 0 Å². The highest BCUT2D eigenvalue weighted by Gasteiger charge is 2.26. The second-order valence-corrected chi connectivity index (χ2v) is 3.82. The lowest BCUT2D eigenvalue weighted by atomic mass is 10.1. The molecule has 0 fully saturated rings. The number of benzene rings is 1. The molecular formula is C10H10N4O4. The smallest absolute Gasteiger partial charge is 0.281 e. The highest BCUT2D eigenvalue weighted by atomic mass is 16.6. The highest BCUT2D eigenvalue weighted by molar-refractivity contribution is 5.87. The van der Waals surface area contributed by atoms with Crippen LogP contribution in [-0.4, -0.2) is 20.0 Å². The molecule has 0 atom stereocenters. The van der Waals surface area contributed by atoms with Crippen LogP contribution in [0.25, 0.3) is 10.9 Å². The molecule has 0 saturated heterocycles. The summed E-state index contributed by atoms with van der Waals surface area (Å²) in [5.41, 5.74) is 0.0783. The molecule has 0 radical (unpaired) electrons. The van der Waals surface area contributed by atoms with Crippen LogP contribution in [0.2, 0.25) is 0 Å². The number of aromatic amines is 1. The number of fused-ring (bicyclic) bond motifs is 1. The molecule has 1 N–H and O–H groups in total. The van der Waals surface area contributed by atoms with Gasteiger partial charge in [-0.3, -0.25) is 25.3 Å². The first kappa shape index (κ1) is 12.0. The van der Waals surface area contributed by atoms with Crippen LogP contribution >= 0.6 is 0 Å². The first-order valence-electron chi connectivity index (χ1n) is 5.34. The maximum Gasteiger partial charge on any atom is 0.348 e. The van der Waals surface area contributed by atoms with Crippen LogP contribution in [0, 0.1) is 20.2 Å². The summed E-state index contributed by atoms with van der Waals surface area (Å²) in [6.07, 6.45) is 1.54. The first-order valence-corrected chi connectivity index (χ1v) is 5.34. The minimum absolute atomic E-state index is 0.371. The monoisotopic (exact) mass is 250 g/mol. The molecule has 8 nitrogen and oxygen atoms in total. The highest BCUT2D eigenvalue weighted by Crippen LogP contribution is 2.32. The first-order chi connectivity index (χ1) is 8.54. The predicted octanol–water partition coefficient (Wildman–Crippen LogP) is 2.33. The van der Waals surface area contributed by atoms with Crippen molar-refractivity contribution in [1.82, 2.24) is 10.2 Å². The number of aromatic nitrogens is 2. The standard InChI is InChI=1S/C10H10N4O4/c1-2-3-7-6-4-9(13(15)16)10(14(17)18)5-8(6)12-11-7/h4-5H,2-3H2,1H3,(H,11,12). The van der Waals surface area contributed by atoms with E-state index in [1.165, 1.54) is 6.07 Å². The second-order valence-electron chi connectivity index (χ2n) is 3.82. The van der Waals surface area contributed by atoms with E-state index >= 15 is 0 Å². The van der Waals surface area contributed by atoms with Gasteiger partial charge in [0.15, 0.2) is 0 Å². The second kappa shape index (κ2) is 4.40. The molecule has 0 aliphatic heterocycles. The van der Waals surface area contributed by atoms with Crippen molar-refractivity contribution in [3.05, 3.63) is 38.1 Å². The van der Waals surface area contributed by atoms with Gasteiger partial charge in [-0.2, -0.15) is 5.10 Å². The molecule has 0 amide bonds. The average molecular weight is 250 g/mol. The largest absolute Gasteiger partial charge is 0.348 e. The van der Waals surface area contributed by atoms with E-state index in [9.17, 15) is 20.2 Å². The van der Waals surface area contributed by atoms with E-state index in [-0.39, 0.29) is 0 Å². The fourth-order valence-corrected chi connectivity index (χ4v) is 1.82. The van der Waals surface area contributed by atoms with Gasteiger partial charge in [-0.1, -0.05) is 13.3 Å². The van der Waals surface area contributed by atoms with Crippen LogP contribution < -0.4 is 0 Å². The van der Waals surface area contributed by atoms with E-state index < -0.39 is 21.2 Å². The van der Waals surface area contributed by atoms with Gasteiger partial charge in [0, 0.05) is 17.1 Å².